The smallest absolute Gasteiger partial charge is 0.273 e. The molecule has 5 rings (SSSR count). The second-order valence-electron chi connectivity index (χ2n) is 8.03. The Morgan fingerprint density at radius 2 is 2.00 bits per heavy atom. The number of thiazole rings is 1. The number of halogens is 1. The van der Waals surface area contributed by atoms with Gasteiger partial charge in [-0.25, -0.2) is 9.67 Å². The highest BCUT2D eigenvalue weighted by atomic mass is 35.5. The van der Waals surface area contributed by atoms with E-state index in [-0.39, 0.29) is 24.4 Å². The number of benzene rings is 1. The number of rotatable bonds is 3. The van der Waals surface area contributed by atoms with E-state index in [1.807, 2.05) is 40.1 Å². The molecule has 9 heteroatoms. The van der Waals surface area contributed by atoms with Crippen molar-refractivity contribution in [2.75, 3.05) is 19.7 Å². The zero-order valence-corrected chi connectivity index (χ0v) is 19.0. The standard InChI is InChI=1S/C22H25N5O2S.ClH/c1-15(23)20-24-18(14-30-20)21(28)26-10-8-22(9-11-26)19-16(7-12-29-22)13-27(25-19)17-5-3-2-4-6-17;/h2-6,13-15H,7-12,23H2,1H3;1H/t15-;/m0./s1. The van der Waals surface area contributed by atoms with Crippen LogP contribution in [0.1, 0.15) is 52.6 Å². The van der Waals surface area contributed by atoms with Crippen LogP contribution in [-0.2, 0) is 16.8 Å². The summed E-state index contributed by atoms with van der Waals surface area (Å²) in [6, 6.07) is 9.98. The zero-order valence-electron chi connectivity index (χ0n) is 17.4. The van der Waals surface area contributed by atoms with Gasteiger partial charge in [-0.2, -0.15) is 5.10 Å². The lowest BCUT2D eigenvalue weighted by molar-refractivity contribution is -0.0963. The molecule has 2 aliphatic rings. The molecule has 0 bridgehead atoms. The summed E-state index contributed by atoms with van der Waals surface area (Å²) in [5.41, 5.74) is 9.27. The van der Waals surface area contributed by atoms with Gasteiger partial charge in [-0.15, -0.1) is 23.7 Å². The molecular formula is C22H26ClN5O2S. The number of carbonyl (C=O) groups is 1. The monoisotopic (exact) mass is 459 g/mol. The van der Waals surface area contributed by atoms with Crippen molar-refractivity contribution < 1.29 is 9.53 Å². The predicted octanol–water partition coefficient (Wildman–Crippen LogP) is 3.47. The van der Waals surface area contributed by atoms with E-state index in [4.69, 9.17) is 15.6 Å². The van der Waals surface area contributed by atoms with E-state index in [0.717, 1.165) is 35.7 Å². The number of hydrogen-bond acceptors (Lipinski definition) is 6. The third-order valence-electron chi connectivity index (χ3n) is 5.98. The summed E-state index contributed by atoms with van der Waals surface area (Å²) in [6.07, 6.45) is 4.46. The zero-order chi connectivity index (χ0) is 20.7. The molecule has 1 amide bonds. The van der Waals surface area contributed by atoms with E-state index < -0.39 is 5.60 Å². The molecule has 0 radical (unpaired) electrons. The van der Waals surface area contributed by atoms with Crippen molar-refractivity contribution in [2.45, 2.75) is 37.8 Å². The van der Waals surface area contributed by atoms with Crippen LogP contribution in [0.3, 0.4) is 0 Å². The van der Waals surface area contributed by atoms with Crippen LogP contribution in [-0.4, -0.2) is 45.3 Å². The summed E-state index contributed by atoms with van der Waals surface area (Å²) in [6.45, 7) is 3.82. The topological polar surface area (TPSA) is 86.3 Å². The van der Waals surface area contributed by atoms with Crippen molar-refractivity contribution in [1.29, 1.82) is 0 Å². The molecule has 4 heterocycles. The van der Waals surface area contributed by atoms with Crippen LogP contribution in [0.4, 0.5) is 0 Å². The lowest BCUT2D eigenvalue weighted by atomic mass is 9.83. The van der Waals surface area contributed by atoms with Gasteiger partial charge in [0.2, 0.25) is 0 Å². The minimum Gasteiger partial charge on any atom is -0.368 e. The number of amides is 1. The van der Waals surface area contributed by atoms with Crippen molar-refractivity contribution in [3.05, 3.63) is 63.9 Å². The average molecular weight is 460 g/mol. The molecule has 1 atom stereocenters. The normalized spacial score (nSPS) is 18.3. The number of nitrogens with two attached hydrogens (primary N) is 1. The lowest BCUT2D eigenvalue weighted by Crippen LogP contribution is -2.48. The maximum atomic E-state index is 12.9. The van der Waals surface area contributed by atoms with Crippen molar-refractivity contribution in [1.82, 2.24) is 19.7 Å². The van der Waals surface area contributed by atoms with E-state index in [1.165, 1.54) is 16.9 Å². The highest BCUT2D eigenvalue weighted by Crippen LogP contribution is 2.41. The molecule has 0 aliphatic carbocycles. The third kappa shape index (κ3) is 4.01. The van der Waals surface area contributed by atoms with Crippen molar-refractivity contribution in [3.63, 3.8) is 0 Å². The van der Waals surface area contributed by atoms with Gasteiger partial charge in [0.25, 0.3) is 5.91 Å². The van der Waals surface area contributed by atoms with Crippen molar-refractivity contribution in [3.8, 4) is 5.69 Å². The summed E-state index contributed by atoms with van der Waals surface area (Å²) in [4.78, 5) is 19.2. The minimum absolute atomic E-state index is 0. The Hall–Kier alpha value is -2.26. The number of ether oxygens (including phenoxy) is 1. The largest absolute Gasteiger partial charge is 0.368 e. The molecule has 164 valence electrons. The van der Waals surface area contributed by atoms with Crippen LogP contribution in [0.25, 0.3) is 5.69 Å². The third-order valence-corrected chi connectivity index (χ3v) is 7.03. The van der Waals surface area contributed by atoms with Crippen LogP contribution in [0.15, 0.2) is 41.9 Å². The first-order valence-corrected chi connectivity index (χ1v) is 11.2. The Morgan fingerprint density at radius 1 is 1.26 bits per heavy atom. The molecule has 1 fully saturated rings. The van der Waals surface area contributed by atoms with Crippen LogP contribution in [0.5, 0.6) is 0 Å². The van der Waals surface area contributed by atoms with Gasteiger partial charge in [-0.1, -0.05) is 18.2 Å². The van der Waals surface area contributed by atoms with Crippen LogP contribution in [0, 0.1) is 0 Å². The highest BCUT2D eigenvalue weighted by molar-refractivity contribution is 7.09. The lowest BCUT2D eigenvalue weighted by Gasteiger charge is -2.42. The van der Waals surface area contributed by atoms with Gasteiger partial charge in [0.05, 0.1) is 24.0 Å². The summed E-state index contributed by atoms with van der Waals surface area (Å²) < 4.78 is 8.26. The van der Waals surface area contributed by atoms with E-state index in [2.05, 4.69) is 23.3 Å². The molecule has 2 aromatic heterocycles. The van der Waals surface area contributed by atoms with Gasteiger partial charge >= 0.3 is 0 Å². The molecule has 3 aromatic rings. The van der Waals surface area contributed by atoms with Gasteiger partial charge in [-0.05, 0) is 43.9 Å². The average Bonchev–Trinajstić information content (AvgIpc) is 3.43. The quantitative estimate of drug-likeness (QED) is 0.648. The van der Waals surface area contributed by atoms with Crippen molar-refractivity contribution >= 4 is 29.7 Å². The molecule has 2 N–H and O–H groups in total. The van der Waals surface area contributed by atoms with Crippen molar-refractivity contribution in [2.24, 2.45) is 5.73 Å². The Kier molecular flexibility index (Phi) is 6.16. The fraction of sp³-hybridized carbons (Fsp3) is 0.409. The molecule has 0 saturated carbocycles. The van der Waals surface area contributed by atoms with Crippen LogP contribution < -0.4 is 5.73 Å². The molecule has 31 heavy (non-hydrogen) atoms. The van der Waals surface area contributed by atoms with E-state index in [9.17, 15) is 4.79 Å². The Bertz CT molecular complexity index is 1060. The number of hydrogen-bond donors (Lipinski definition) is 1. The number of carbonyl (C=O) groups excluding carboxylic acids is 1. The molecule has 0 unspecified atom stereocenters. The number of nitrogens with zero attached hydrogens (tertiary/aromatic N) is 4. The molecule has 1 aromatic carbocycles. The van der Waals surface area contributed by atoms with Gasteiger partial charge < -0.3 is 15.4 Å². The van der Waals surface area contributed by atoms with Gasteiger partial charge in [0.15, 0.2) is 0 Å². The highest BCUT2D eigenvalue weighted by Gasteiger charge is 2.44. The molecule has 7 nitrogen and oxygen atoms in total. The van der Waals surface area contributed by atoms with E-state index >= 15 is 0 Å². The first-order chi connectivity index (χ1) is 14.6. The maximum absolute atomic E-state index is 12.9. The molecular weight excluding hydrogens is 434 g/mol. The molecule has 2 aliphatic heterocycles. The van der Waals surface area contributed by atoms with E-state index in [0.29, 0.717) is 25.4 Å². The second kappa shape index (κ2) is 8.70. The Balaban J connectivity index is 0.00000231. The maximum Gasteiger partial charge on any atom is 0.273 e. The molecule has 1 saturated heterocycles. The number of aromatic nitrogens is 3. The van der Waals surface area contributed by atoms with Crippen LogP contribution >= 0.6 is 23.7 Å². The first-order valence-electron chi connectivity index (χ1n) is 10.3. The number of fused-ring (bicyclic) bond motifs is 2. The first kappa shape index (κ1) is 22.0. The minimum atomic E-state index is -0.413. The summed E-state index contributed by atoms with van der Waals surface area (Å²) in [7, 11) is 0. The van der Waals surface area contributed by atoms with Gasteiger partial charge in [0.1, 0.15) is 16.3 Å². The fourth-order valence-corrected chi connectivity index (χ4v) is 5.07. The number of piperidine rings is 1. The second-order valence-corrected chi connectivity index (χ2v) is 8.92. The summed E-state index contributed by atoms with van der Waals surface area (Å²) in [5, 5.41) is 7.51. The van der Waals surface area contributed by atoms with Crippen LogP contribution in [0.2, 0.25) is 0 Å². The summed E-state index contributed by atoms with van der Waals surface area (Å²) in [5.74, 6) is -0.0288. The van der Waals surface area contributed by atoms with E-state index in [1.54, 1.807) is 0 Å². The predicted molar refractivity (Wildman–Crippen MR) is 122 cm³/mol. The van der Waals surface area contributed by atoms with Gasteiger partial charge in [-0.3, -0.25) is 4.79 Å². The molecule has 1 spiro atoms. The number of para-hydroxylation sites is 1. The Labute approximate surface area is 191 Å². The Morgan fingerprint density at radius 3 is 2.68 bits per heavy atom. The SMILES string of the molecule is C[C@H](N)c1nc(C(=O)N2CCC3(CC2)OCCc2cn(-c4ccccc4)nc23)cs1.Cl. The number of likely N-dealkylation sites (tertiary alicyclic amines) is 1. The van der Waals surface area contributed by atoms with Gasteiger partial charge in [0, 0.05) is 24.7 Å². The fourth-order valence-electron chi connectivity index (χ4n) is 4.32. The summed E-state index contributed by atoms with van der Waals surface area (Å²) >= 11 is 1.44.